The van der Waals surface area contributed by atoms with Gasteiger partial charge in [0.15, 0.2) is 0 Å². The minimum atomic E-state index is -3.15. The highest BCUT2D eigenvalue weighted by Gasteiger charge is 2.38. The van der Waals surface area contributed by atoms with Gasteiger partial charge in [0.25, 0.3) is 0 Å². The molecular weight excluding hydrogens is 383 g/mol. The van der Waals surface area contributed by atoms with Gasteiger partial charge in [-0.15, -0.1) is 0 Å². The zero-order valence-electron chi connectivity index (χ0n) is 14.1. The summed E-state index contributed by atoms with van der Waals surface area (Å²) in [5.74, 6) is 0.0270. The second-order valence-corrected chi connectivity index (χ2v) is 9.61. The lowest BCUT2D eigenvalue weighted by Crippen LogP contribution is -2.47. The van der Waals surface area contributed by atoms with Gasteiger partial charge in [0.2, 0.25) is 15.9 Å². The molecule has 0 spiro atoms. The van der Waals surface area contributed by atoms with Crippen LogP contribution in [0.1, 0.15) is 24.8 Å². The molecule has 138 valence electrons. The van der Waals surface area contributed by atoms with E-state index in [1.54, 1.807) is 18.2 Å². The topological polar surface area (TPSA) is 57.7 Å². The van der Waals surface area contributed by atoms with Crippen molar-refractivity contribution in [1.82, 2.24) is 9.21 Å². The molecular formula is C17H22Cl2N2O3S. The summed E-state index contributed by atoms with van der Waals surface area (Å²) in [6.45, 7) is 1.68. The quantitative estimate of drug-likeness (QED) is 0.774. The summed E-state index contributed by atoms with van der Waals surface area (Å²) in [5, 5.41) is 1.19. The Morgan fingerprint density at radius 2 is 1.68 bits per heavy atom. The summed E-state index contributed by atoms with van der Waals surface area (Å²) >= 11 is 12.5. The molecule has 1 unspecified atom stereocenters. The highest BCUT2D eigenvalue weighted by Crippen LogP contribution is 2.32. The van der Waals surface area contributed by atoms with Gasteiger partial charge in [0.05, 0.1) is 6.26 Å². The first-order valence-electron chi connectivity index (χ1n) is 8.46. The number of rotatable bonds is 4. The molecule has 0 radical (unpaired) electrons. The van der Waals surface area contributed by atoms with Crippen LogP contribution in [0.4, 0.5) is 0 Å². The standard InChI is InChI=1S/C17H22Cl2N2O3S/c1-25(23,24)20-8-6-13(7-9-20)21-10-5-12(17(21)22)11-14-15(18)3-2-4-16(14)19/h2-4,12-13H,5-11H2,1H3. The smallest absolute Gasteiger partial charge is 0.226 e. The second-order valence-electron chi connectivity index (χ2n) is 6.81. The van der Waals surface area contributed by atoms with Gasteiger partial charge in [-0.25, -0.2) is 12.7 Å². The lowest BCUT2D eigenvalue weighted by molar-refractivity contribution is -0.133. The van der Waals surface area contributed by atoms with E-state index in [0.717, 1.165) is 18.5 Å². The Kier molecular flexibility index (Phi) is 5.63. The normalized spacial score (nSPS) is 23.4. The van der Waals surface area contributed by atoms with Crippen molar-refractivity contribution in [3.8, 4) is 0 Å². The van der Waals surface area contributed by atoms with Crippen LogP contribution < -0.4 is 0 Å². The molecule has 1 atom stereocenters. The highest BCUT2D eigenvalue weighted by molar-refractivity contribution is 7.88. The van der Waals surface area contributed by atoms with E-state index in [0.29, 0.717) is 42.4 Å². The number of likely N-dealkylation sites (tertiary alicyclic amines) is 1. The summed E-state index contributed by atoms with van der Waals surface area (Å²) in [5.41, 5.74) is 0.831. The van der Waals surface area contributed by atoms with Crippen LogP contribution in [0.25, 0.3) is 0 Å². The molecule has 8 heteroatoms. The predicted molar refractivity (Wildman–Crippen MR) is 99.4 cm³/mol. The Hall–Kier alpha value is -0.820. The van der Waals surface area contributed by atoms with Crippen LogP contribution in [0.5, 0.6) is 0 Å². The van der Waals surface area contributed by atoms with Gasteiger partial charge in [-0.3, -0.25) is 4.79 Å². The molecule has 5 nitrogen and oxygen atoms in total. The fourth-order valence-corrected chi connectivity index (χ4v) is 5.20. The van der Waals surface area contributed by atoms with Crippen molar-refractivity contribution < 1.29 is 13.2 Å². The van der Waals surface area contributed by atoms with Crippen LogP contribution in [0.15, 0.2) is 18.2 Å². The minimum Gasteiger partial charge on any atom is -0.339 e. The SMILES string of the molecule is CS(=O)(=O)N1CCC(N2CCC(Cc3c(Cl)cccc3Cl)C2=O)CC1. The van der Waals surface area contributed by atoms with Crippen molar-refractivity contribution in [2.75, 3.05) is 25.9 Å². The average Bonchev–Trinajstić information content (AvgIpc) is 2.91. The van der Waals surface area contributed by atoms with E-state index in [2.05, 4.69) is 0 Å². The van der Waals surface area contributed by atoms with Gasteiger partial charge in [-0.1, -0.05) is 29.3 Å². The largest absolute Gasteiger partial charge is 0.339 e. The van der Waals surface area contributed by atoms with Crippen LogP contribution in [0.2, 0.25) is 10.0 Å². The Bertz CT molecular complexity index is 741. The van der Waals surface area contributed by atoms with Crippen molar-refractivity contribution in [3.05, 3.63) is 33.8 Å². The number of hydrogen-bond acceptors (Lipinski definition) is 3. The minimum absolute atomic E-state index is 0.106. The fourth-order valence-electron chi connectivity index (χ4n) is 3.77. The van der Waals surface area contributed by atoms with Crippen LogP contribution >= 0.6 is 23.2 Å². The van der Waals surface area contributed by atoms with Crippen LogP contribution in [-0.2, 0) is 21.2 Å². The Morgan fingerprint density at radius 3 is 2.24 bits per heavy atom. The summed E-state index contributed by atoms with van der Waals surface area (Å²) in [6.07, 6.45) is 3.96. The van der Waals surface area contributed by atoms with E-state index in [1.165, 1.54) is 10.6 Å². The zero-order valence-corrected chi connectivity index (χ0v) is 16.4. The number of benzene rings is 1. The van der Waals surface area contributed by atoms with E-state index >= 15 is 0 Å². The van der Waals surface area contributed by atoms with Gasteiger partial charge in [0.1, 0.15) is 0 Å². The van der Waals surface area contributed by atoms with E-state index in [1.807, 2.05) is 4.90 Å². The Morgan fingerprint density at radius 1 is 1.08 bits per heavy atom. The van der Waals surface area contributed by atoms with E-state index in [-0.39, 0.29) is 17.9 Å². The van der Waals surface area contributed by atoms with Gasteiger partial charge in [0, 0.05) is 41.6 Å². The van der Waals surface area contributed by atoms with Crippen molar-refractivity contribution in [1.29, 1.82) is 0 Å². The maximum Gasteiger partial charge on any atom is 0.226 e. The number of piperidine rings is 1. The van der Waals surface area contributed by atoms with Crippen molar-refractivity contribution in [3.63, 3.8) is 0 Å². The first-order valence-corrected chi connectivity index (χ1v) is 11.1. The molecule has 2 heterocycles. The molecule has 3 rings (SSSR count). The third-order valence-electron chi connectivity index (χ3n) is 5.20. The Labute approximate surface area is 158 Å². The third kappa shape index (κ3) is 4.13. The van der Waals surface area contributed by atoms with Crippen molar-refractivity contribution >= 4 is 39.1 Å². The number of amides is 1. The number of carbonyl (C=O) groups excluding carboxylic acids is 1. The van der Waals surface area contributed by atoms with Gasteiger partial charge in [-0.05, 0) is 43.4 Å². The van der Waals surface area contributed by atoms with E-state index < -0.39 is 10.0 Å². The average molecular weight is 405 g/mol. The van der Waals surface area contributed by atoms with Crippen molar-refractivity contribution in [2.24, 2.45) is 5.92 Å². The number of carbonyl (C=O) groups is 1. The number of sulfonamides is 1. The molecule has 2 fully saturated rings. The summed E-state index contributed by atoms with van der Waals surface area (Å²) in [6, 6.07) is 5.51. The fraction of sp³-hybridized carbons (Fsp3) is 0.588. The molecule has 2 aliphatic heterocycles. The monoisotopic (exact) mass is 404 g/mol. The molecule has 1 amide bonds. The molecule has 2 saturated heterocycles. The summed E-state index contributed by atoms with van der Waals surface area (Å²) < 4.78 is 24.7. The number of hydrogen-bond donors (Lipinski definition) is 0. The molecule has 0 N–H and O–H groups in total. The molecule has 2 aliphatic rings. The van der Waals surface area contributed by atoms with Crippen LogP contribution in [0.3, 0.4) is 0 Å². The van der Waals surface area contributed by atoms with Gasteiger partial charge < -0.3 is 4.90 Å². The van der Waals surface area contributed by atoms with E-state index in [4.69, 9.17) is 23.2 Å². The summed E-state index contributed by atoms with van der Waals surface area (Å²) in [4.78, 5) is 14.7. The van der Waals surface area contributed by atoms with Crippen molar-refractivity contribution in [2.45, 2.75) is 31.7 Å². The predicted octanol–water partition coefficient (Wildman–Crippen LogP) is 2.81. The molecule has 1 aromatic rings. The molecule has 0 aliphatic carbocycles. The van der Waals surface area contributed by atoms with Gasteiger partial charge in [-0.2, -0.15) is 0 Å². The first kappa shape index (κ1) is 19.0. The highest BCUT2D eigenvalue weighted by atomic mass is 35.5. The van der Waals surface area contributed by atoms with Gasteiger partial charge >= 0.3 is 0 Å². The molecule has 0 aromatic heterocycles. The second kappa shape index (κ2) is 7.43. The molecule has 1 aromatic carbocycles. The number of nitrogens with zero attached hydrogens (tertiary/aromatic N) is 2. The third-order valence-corrected chi connectivity index (χ3v) is 7.21. The maximum atomic E-state index is 12.8. The lowest BCUT2D eigenvalue weighted by atomic mass is 9.97. The Balaban J connectivity index is 1.63. The van der Waals surface area contributed by atoms with Crippen LogP contribution in [0, 0.1) is 5.92 Å². The number of halogens is 2. The molecule has 0 bridgehead atoms. The molecule has 0 saturated carbocycles. The maximum absolute atomic E-state index is 12.8. The zero-order chi connectivity index (χ0) is 18.2. The lowest BCUT2D eigenvalue weighted by Gasteiger charge is -2.35. The first-order chi connectivity index (χ1) is 11.8. The molecule has 25 heavy (non-hydrogen) atoms. The van der Waals surface area contributed by atoms with E-state index in [9.17, 15) is 13.2 Å². The van der Waals surface area contributed by atoms with Crippen LogP contribution in [-0.4, -0.2) is 55.5 Å². The summed E-state index contributed by atoms with van der Waals surface area (Å²) in [7, 11) is -3.15.